The van der Waals surface area contributed by atoms with E-state index in [-0.39, 0.29) is 6.54 Å². The van der Waals surface area contributed by atoms with Gasteiger partial charge in [-0.3, -0.25) is 4.98 Å². The van der Waals surface area contributed by atoms with Crippen molar-refractivity contribution in [3.8, 4) is 0 Å². The molecule has 2 N–H and O–H groups in total. The van der Waals surface area contributed by atoms with Crippen molar-refractivity contribution in [1.82, 2.24) is 9.65 Å². The maximum Gasteiger partial charge on any atom is 0.403 e. The Kier molecular flexibility index (Phi) is 5.67. The summed E-state index contributed by atoms with van der Waals surface area (Å²) in [4.78, 5) is 22.4. The van der Waals surface area contributed by atoms with Crippen molar-refractivity contribution in [3.63, 3.8) is 0 Å². The molecule has 7 heteroatoms. The van der Waals surface area contributed by atoms with Crippen molar-refractivity contribution >= 4 is 29.2 Å². The molecule has 0 amide bonds. The summed E-state index contributed by atoms with van der Waals surface area (Å²) >= 11 is 3.40. The van der Waals surface area contributed by atoms with Crippen molar-refractivity contribution < 1.29 is 14.4 Å². The largest absolute Gasteiger partial charge is 0.403 e. The predicted octanol–water partition coefficient (Wildman–Crippen LogP) is 3.30. The third kappa shape index (κ3) is 4.60. The Labute approximate surface area is 137 Å². The molecule has 0 saturated carbocycles. The molecule has 2 aromatic rings. The molecule has 0 atom stereocenters. The molecule has 0 aliphatic rings. The molecule has 0 aliphatic heterocycles. The number of hydrogen-bond acceptors (Lipinski definition) is 2. The number of benzene rings is 1. The van der Waals surface area contributed by atoms with Crippen molar-refractivity contribution in [1.29, 1.82) is 0 Å². The molecule has 22 heavy (non-hydrogen) atoms. The zero-order valence-corrected chi connectivity index (χ0v) is 14.4. The van der Waals surface area contributed by atoms with E-state index in [0.717, 1.165) is 25.8 Å². The topological polar surface area (TPSA) is 73.7 Å². The van der Waals surface area contributed by atoms with Gasteiger partial charge in [-0.25, -0.2) is 9.24 Å². The van der Waals surface area contributed by atoms with E-state index in [1.165, 1.54) is 7.05 Å². The van der Waals surface area contributed by atoms with E-state index in [1.807, 2.05) is 36.4 Å². The zero-order chi connectivity index (χ0) is 16.2. The molecule has 0 saturated heterocycles. The van der Waals surface area contributed by atoms with Gasteiger partial charge in [0.2, 0.25) is 0 Å². The fourth-order valence-corrected chi connectivity index (χ4v) is 2.44. The van der Waals surface area contributed by atoms with Crippen molar-refractivity contribution in [2.45, 2.75) is 0 Å². The molecule has 116 valence electrons. The summed E-state index contributed by atoms with van der Waals surface area (Å²) in [5.41, 5.74) is 2.72. The van der Waals surface area contributed by atoms with Gasteiger partial charge in [-0.05, 0) is 36.4 Å². The van der Waals surface area contributed by atoms with Gasteiger partial charge in [0.15, 0.2) is 0 Å². The van der Waals surface area contributed by atoms with Gasteiger partial charge in [-0.1, -0.05) is 40.2 Å². The Morgan fingerprint density at radius 3 is 2.50 bits per heavy atom. The van der Waals surface area contributed by atoms with Crippen LogP contribution in [0.15, 0.2) is 59.3 Å². The summed E-state index contributed by atoms with van der Waals surface area (Å²) in [6.07, 6.45) is 5.20. The van der Waals surface area contributed by atoms with Gasteiger partial charge in [0.25, 0.3) is 0 Å². The minimum absolute atomic E-state index is 0.130. The number of pyridine rings is 1. The van der Waals surface area contributed by atoms with Crippen LogP contribution in [0.2, 0.25) is 0 Å². The average molecular weight is 383 g/mol. The quantitative estimate of drug-likeness (QED) is 0.776. The maximum absolute atomic E-state index is 11.2. The number of rotatable bonds is 5. The number of nitrogens with zero attached hydrogens (tertiary/aromatic N) is 2. The van der Waals surface area contributed by atoms with Crippen LogP contribution in [0.25, 0.3) is 5.57 Å². The first kappa shape index (κ1) is 17.1. The monoisotopic (exact) mass is 382 g/mol. The minimum atomic E-state index is -4.24. The van der Waals surface area contributed by atoms with Crippen LogP contribution in [-0.2, 0) is 4.57 Å². The number of likely N-dealkylation sites (N-methyl/N-ethyl adjacent to an activating group) is 1. The van der Waals surface area contributed by atoms with Gasteiger partial charge in [0.05, 0.1) is 0 Å². The predicted molar refractivity (Wildman–Crippen MR) is 90.1 cm³/mol. The van der Waals surface area contributed by atoms with E-state index < -0.39 is 7.75 Å². The molecule has 5 nitrogen and oxygen atoms in total. The van der Waals surface area contributed by atoms with Crippen LogP contribution in [0.3, 0.4) is 0 Å². The minimum Gasteiger partial charge on any atom is -0.312 e. The van der Waals surface area contributed by atoms with Crippen LogP contribution < -0.4 is 0 Å². The SMILES string of the molecule is CN(CC=C(c1ccc(Br)cc1)c1cccnc1)P(=O)(O)O. The molecule has 0 aliphatic carbocycles. The molecule has 1 heterocycles. The van der Waals surface area contributed by atoms with Crippen LogP contribution in [-0.4, -0.2) is 33.0 Å². The summed E-state index contributed by atoms with van der Waals surface area (Å²) in [6.45, 7) is 0.130. The van der Waals surface area contributed by atoms with Crippen LogP contribution in [0.4, 0.5) is 0 Å². The highest BCUT2D eigenvalue weighted by Crippen LogP contribution is 2.38. The second-order valence-electron chi connectivity index (χ2n) is 4.72. The number of halogens is 1. The second-order valence-corrected chi connectivity index (χ2v) is 7.34. The van der Waals surface area contributed by atoms with Gasteiger partial charge in [0, 0.05) is 29.0 Å². The lowest BCUT2D eigenvalue weighted by Gasteiger charge is -2.17. The highest BCUT2D eigenvalue weighted by molar-refractivity contribution is 9.10. The van der Waals surface area contributed by atoms with Crippen molar-refractivity contribution in [2.75, 3.05) is 13.6 Å². The lowest BCUT2D eigenvalue weighted by molar-refractivity contribution is 0.302. The highest BCUT2D eigenvalue weighted by Gasteiger charge is 2.19. The molecule has 0 unspecified atom stereocenters. The molecule has 1 aromatic heterocycles. The van der Waals surface area contributed by atoms with E-state index in [2.05, 4.69) is 20.9 Å². The van der Waals surface area contributed by atoms with E-state index in [1.54, 1.807) is 18.5 Å². The summed E-state index contributed by atoms with van der Waals surface area (Å²) in [5.74, 6) is 0. The molecule has 2 rings (SSSR count). The Balaban J connectivity index is 2.38. The van der Waals surface area contributed by atoms with E-state index in [0.29, 0.717) is 0 Å². The van der Waals surface area contributed by atoms with E-state index >= 15 is 0 Å². The van der Waals surface area contributed by atoms with Gasteiger partial charge >= 0.3 is 7.75 Å². The van der Waals surface area contributed by atoms with Gasteiger partial charge in [-0.15, -0.1) is 0 Å². The first-order valence-electron chi connectivity index (χ1n) is 6.51. The Morgan fingerprint density at radius 2 is 1.95 bits per heavy atom. The lowest BCUT2D eigenvalue weighted by atomic mass is 9.99. The van der Waals surface area contributed by atoms with Gasteiger partial charge in [0.1, 0.15) is 0 Å². The average Bonchev–Trinajstić information content (AvgIpc) is 2.49. The van der Waals surface area contributed by atoms with Crippen molar-refractivity contribution in [2.24, 2.45) is 0 Å². The van der Waals surface area contributed by atoms with Crippen LogP contribution in [0, 0.1) is 0 Å². The highest BCUT2D eigenvalue weighted by atomic mass is 79.9. The van der Waals surface area contributed by atoms with Crippen LogP contribution >= 0.6 is 23.7 Å². The van der Waals surface area contributed by atoms with E-state index in [4.69, 9.17) is 9.79 Å². The van der Waals surface area contributed by atoms with Crippen molar-refractivity contribution in [3.05, 3.63) is 70.5 Å². The third-order valence-electron chi connectivity index (χ3n) is 3.13. The van der Waals surface area contributed by atoms with Gasteiger partial charge < -0.3 is 9.79 Å². The number of aromatic nitrogens is 1. The molecule has 0 radical (unpaired) electrons. The third-order valence-corrected chi connectivity index (χ3v) is 4.71. The lowest BCUT2D eigenvalue weighted by Crippen LogP contribution is -2.14. The van der Waals surface area contributed by atoms with Crippen LogP contribution in [0.5, 0.6) is 0 Å². The molecule has 1 aromatic carbocycles. The Hall–Kier alpha value is -1.30. The Bertz CT molecular complexity index is 698. The van der Waals surface area contributed by atoms with Crippen LogP contribution in [0.1, 0.15) is 11.1 Å². The molecular weight excluding hydrogens is 367 g/mol. The summed E-state index contributed by atoms with van der Waals surface area (Å²) in [5, 5.41) is 0. The summed E-state index contributed by atoms with van der Waals surface area (Å²) in [6, 6.07) is 11.5. The second kappa shape index (κ2) is 7.31. The zero-order valence-electron chi connectivity index (χ0n) is 11.9. The first-order valence-corrected chi connectivity index (χ1v) is 8.87. The standard InChI is InChI=1S/C15H16BrN2O3P/c1-18(22(19,20)21)10-8-15(13-3-2-9-17-11-13)12-4-6-14(16)7-5-12/h2-9,11H,10H2,1H3,(H2,19,20,21). The summed E-state index contributed by atoms with van der Waals surface area (Å²) in [7, 11) is -2.85. The van der Waals surface area contributed by atoms with Gasteiger partial charge in [-0.2, -0.15) is 0 Å². The fourth-order valence-electron chi connectivity index (χ4n) is 1.88. The number of hydrogen-bond donors (Lipinski definition) is 2. The smallest absolute Gasteiger partial charge is 0.312 e. The molecule has 0 fully saturated rings. The molecule has 0 bridgehead atoms. The Morgan fingerprint density at radius 1 is 1.27 bits per heavy atom. The molecular formula is C15H16BrN2O3P. The molecule has 0 spiro atoms. The normalized spacial score (nSPS) is 12.7. The maximum atomic E-state index is 11.2. The van der Waals surface area contributed by atoms with E-state index in [9.17, 15) is 4.57 Å². The summed E-state index contributed by atoms with van der Waals surface area (Å²) < 4.78 is 13.2. The fraction of sp³-hybridized carbons (Fsp3) is 0.133. The first-order chi connectivity index (χ1) is 10.4.